The Bertz CT molecular complexity index is 389. The summed E-state index contributed by atoms with van der Waals surface area (Å²) in [5.41, 5.74) is 29.7. The zero-order valence-corrected chi connectivity index (χ0v) is 12.7. The van der Waals surface area contributed by atoms with Crippen molar-refractivity contribution in [3.63, 3.8) is 0 Å². The molecule has 0 fully saturated rings. The Kier molecular flexibility index (Phi) is 13.3. The fourth-order valence-corrected chi connectivity index (χ4v) is 1.40. The molecule has 0 aromatic rings. The molecular weight excluding hydrogens is 308 g/mol. The Morgan fingerprint density at radius 3 is 1.26 bits per heavy atom. The lowest BCUT2D eigenvalue weighted by atomic mass is 10.1. The number of hydrogen-bond acceptors (Lipinski definition) is 7. The van der Waals surface area contributed by atoms with Crippen LogP contribution in [0.1, 0.15) is 0 Å². The fraction of sp³-hybridized carbons (Fsp3) is 1.00. The maximum Gasteiger partial charge on any atom is 0.0865 e. The zero-order chi connectivity index (χ0) is 17.2. The van der Waals surface area contributed by atoms with Crippen molar-refractivity contribution in [3.05, 3.63) is 31.3 Å². The Hall–Kier alpha value is -2.23. The first-order valence-corrected chi connectivity index (χ1v) is 6.73. The summed E-state index contributed by atoms with van der Waals surface area (Å²) in [5, 5.41) is 10.0. The number of nitrogens with two attached hydrogens (primary N) is 1. The van der Waals surface area contributed by atoms with Crippen LogP contribution in [0.5, 0.6) is 0 Å². The van der Waals surface area contributed by atoms with Crippen LogP contribution in [-0.4, -0.2) is 64.8 Å². The van der Waals surface area contributed by atoms with E-state index in [1.807, 2.05) is 0 Å². The van der Waals surface area contributed by atoms with E-state index in [9.17, 15) is 0 Å². The van der Waals surface area contributed by atoms with E-state index >= 15 is 0 Å². The van der Waals surface area contributed by atoms with Crippen LogP contribution < -0.4 is 5.73 Å². The van der Waals surface area contributed by atoms with Gasteiger partial charge < -0.3 is 19.9 Å². The first-order chi connectivity index (χ1) is 11.2. The molecule has 0 amide bonds. The van der Waals surface area contributed by atoms with Crippen molar-refractivity contribution in [2.45, 2.75) is 5.54 Å². The van der Waals surface area contributed by atoms with Crippen molar-refractivity contribution in [1.82, 2.24) is 0 Å². The molecule has 0 heterocycles. The van der Waals surface area contributed by atoms with Crippen LogP contribution in [-0.2, 0) is 14.2 Å². The summed E-state index contributed by atoms with van der Waals surface area (Å²) in [5.74, 6) is 0. The lowest BCUT2D eigenvalue weighted by Gasteiger charge is -2.28. The maximum absolute atomic E-state index is 8.17. The lowest BCUT2D eigenvalue weighted by Crippen LogP contribution is -2.53. The molecule has 0 aromatic carbocycles. The summed E-state index contributed by atoms with van der Waals surface area (Å²) >= 11 is 0. The van der Waals surface area contributed by atoms with Crippen molar-refractivity contribution in [2.24, 2.45) is 21.1 Å². The minimum atomic E-state index is -0.928. The van der Waals surface area contributed by atoms with Crippen molar-refractivity contribution in [3.8, 4) is 0 Å². The van der Waals surface area contributed by atoms with Gasteiger partial charge in [-0.15, -0.1) is 0 Å². The van der Waals surface area contributed by atoms with Crippen molar-refractivity contribution in [1.29, 1.82) is 0 Å². The number of azide groups is 3. The van der Waals surface area contributed by atoms with Crippen molar-refractivity contribution in [2.75, 3.05) is 59.3 Å². The molecule has 128 valence electrons. The molecule has 0 saturated heterocycles. The van der Waals surface area contributed by atoms with E-state index in [2.05, 4.69) is 30.1 Å². The third-order valence-corrected chi connectivity index (χ3v) is 2.37. The first kappa shape index (κ1) is 20.8. The van der Waals surface area contributed by atoms with Crippen LogP contribution in [0.15, 0.2) is 15.3 Å². The molecule has 0 aromatic heterocycles. The van der Waals surface area contributed by atoms with Gasteiger partial charge in [-0.3, -0.25) is 0 Å². The lowest BCUT2D eigenvalue weighted by molar-refractivity contribution is -0.0185. The summed E-state index contributed by atoms with van der Waals surface area (Å²) in [6, 6.07) is 0. The van der Waals surface area contributed by atoms with Gasteiger partial charge in [-0.1, -0.05) is 15.3 Å². The third kappa shape index (κ3) is 13.2. The standard InChI is InChI=1S/C10H20N10O3/c11-10(7-21-4-1-15-18-12,8-22-5-2-16-19-13)9-23-6-3-17-20-14/h1-9,11H2. The number of nitrogens with zero attached hydrogens (tertiary/aromatic N) is 9. The van der Waals surface area contributed by atoms with E-state index in [4.69, 9.17) is 36.5 Å². The normalized spacial score (nSPS) is 12.4. The molecule has 23 heavy (non-hydrogen) atoms. The van der Waals surface area contributed by atoms with Crippen LogP contribution in [0, 0.1) is 0 Å². The Morgan fingerprint density at radius 2 is 1.00 bits per heavy atom. The molecular formula is C10H20N10O3. The van der Waals surface area contributed by atoms with Gasteiger partial charge in [-0.25, -0.2) is 0 Å². The molecule has 0 aliphatic rings. The number of rotatable bonds is 15. The van der Waals surface area contributed by atoms with Crippen LogP contribution in [0.4, 0.5) is 0 Å². The van der Waals surface area contributed by atoms with Crippen molar-refractivity contribution >= 4 is 0 Å². The van der Waals surface area contributed by atoms with Crippen LogP contribution in [0.3, 0.4) is 0 Å². The summed E-state index contributed by atoms with van der Waals surface area (Å²) in [6.45, 7) is 1.62. The summed E-state index contributed by atoms with van der Waals surface area (Å²) < 4.78 is 16.0. The van der Waals surface area contributed by atoms with Crippen LogP contribution in [0.2, 0.25) is 0 Å². The highest BCUT2D eigenvalue weighted by Crippen LogP contribution is 2.05. The summed E-state index contributed by atoms with van der Waals surface area (Å²) in [6.07, 6.45) is 0. The highest BCUT2D eigenvalue weighted by molar-refractivity contribution is 4.84. The van der Waals surface area contributed by atoms with Crippen LogP contribution >= 0.6 is 0 Å². The second kappa shape index (κ2) is 14.7. The number of ether oxygens (including phenoxy) is 3. The van der Waals surface area contributed by atoms with Gasteiger partial charge in [0, 0.05) is 34.4 Å². The Balaban J connectivity index is 4.22. The first-order valence-electron chi connectivity index (χ1n) is 6.73. The molecule has 0 aliphatic carbocycles. The molecule has 13 heteroatoms. The highest BCUT2D eigenvalue weighted by Gasteiger charge is 2.26. The molecule has 0 saturated carbocycles. The average Bonchev–Trinajstić information content (AvgIpc) is 2.54. The SMILES string of the molecule is [N-]=[N+]=NCCOCC(N)(COCCN=[N+]=[N-])COCCN=[N+]=[N-]. The average molecular weight is 328 g/mol. The number of hydrogen-bond donors (Lipinski definition) is 1. The predicted molar refractivity (Wildman–Crippen MR) is 81.4 cm³/mol. The summed E-state index contributed by atoms with van der Waals surface area (Å²) in [4.78, 5) is 7.83. The van der Waals surface area contributed by atoms with E-state index < -0.39 is 5.54 Å². The van der Waals surface area contributed by atoms with Gasteiger partial charge in [0.05, 0.1) is 45.2 Å². The molecule has 0 atom stereocenters. The molecule has 0 bridgehead atoms. The monoisotopic (exact) mass is 328 g/mol. The molecule has 0 radical (unpaired) electrons. The van der Waals surface area contributed by atoms with Crippen molar-refractivity contribution < 1.29 is 14.2 Å². The van der Waals surface area contributed by atoms with E-state index in [1.54, 1.807) is 0 Å². The topological polar surface area (TPSA) is 200 Å². The van der Waals surface area contributed by atoms with E-state index in [-0.39, 0.29) is 59.3 Å². The second-order valence-corrected chi connectivity index (χ2v) is 4.38. The molecule has 0 spiro atoms. The molecule has 0 aliphatic heterocycles. The van der Waals surface area contributed by atoms with Gasteiger partial charge >= 0.3 is 0 Å². The molecule has 0 unspecified atom stereocenters. The fourth-order valence-electron chi connectivity index (χ4n) is 1.40. The van der Waals surface area contributed by atoms with E-state index in [0.29, 0.717) is 0 Å². The van der Waals surface area contributed by atoms with Gasteiger partial charge in [0.15, 0.2) is 0 Å². The van der Waals surface area contributed by atoms with Gasteiger partial charge in [-0.2, -0.15) is 0 Å². The Morgan fingerprint density at radius 1 is 0.696 bits per heavy atom. The quantitative estimate of drug-likeness (QED) is 0.206. The summed E-state index contributed by atoms with van der Waals surface area (Å²) in [7, 11) is 0. The smallest absolute Gasteiger partial charge is 0.0865 e. The minimum Gasteiger partial charge on any atom is -0.379 e. The zero-order valence-electron chi connectivity index (χ0n) is 12.7. The van der Waals surface area contributed by atoms with E-state index in [1.165, 1.54) is 0 Å². The molecule has 0 rings (SSSR count). The Labute approximate surface area is 132 Å². The minimum absolute atomic E-state index is 0.122. The highest BCUT2D eigenvalue weighted by atomic mass is 16.5. The maximum atomic E-state index is 8.17. The molecule has 13 nitrogen and oxygen atoms in total. The van der Waals surface area contributed by atoms with Gasteiger partial charge in [-0.05, 0) is 16.6 Å². The van der Waals surface area contributed by atoms with Gasteiger partial charge in [0.25, 0.3) is 0 Å². The van der Waals surface area contributed by atoms with Crippen LogP contribution in [0.25, 0.3) is 31.3 Å². The van der Waals surface area contributed by atoms with Gasteiger partial charge in [0.1, 0.15) is 0 Å². The third-order valence-electron chi connectivity index (χ3n) is 2.37. The predicted octanol–water partition coefficient (Wildman–Crippen LogP) is 1.66. The second-order valence-electron chi connectivity index (χ2n) is 4.38. The largest absolute Gasteiger partial charge is 0.379 e. The van der Waals surface area contributed by atoms with E-state index in [0.717, 1.165) is 0 Å². The van der Waals surface area contributed by atoms with Gasteiger partial charge in [0.2, 0.25) is 0 Å². The molecule has 2 N–H and O–H groups in total.